The van der Waals surface area contributed by atoms with Crippen LogP contribution in [0.1, 0.15) is 29.4 Å². The quantitative estimate of drug-likeness (QED) is 0.750. The number of carbonyl (C=O) groups is 3. The summed E-state index contributed by atoms with van der Waals surface area (Å²) in [4.78, 5) is 33.9. The van der Waals surface area contributed by atoms with Crippen molar-refractivity contribution in [3.63, 3.8) is 0 Å². The van der Waals surface area contributed by atoms with Crippen LogP contribution in [0.2, 0.25) is 0 Å². The Balaban J connectivity index is 2.34. The van der Waals surface area contributed by atoms with Crippen LogP contribution in [0.4, 0.5) is 0 Å². The van der Waals surface area contributed by atoms with Crippen molar-refractivity contribution >= 4 is 29.0 Å². The summed E-state index contributed by atoms with van der Waals surface area (Å²) in [6.07, 6.45) is 0.104. The first-order valence-electron chi connectivity index (χ1n) is 5.09. The first-order valence-corrected chi connectivity index (χ1v) is 5.97. The lowest BCUT2D eigenvalue weighted by molar-refractivity contribution is -0.141. The van der Waals surface area contributed by atoms with Gasteiger partial charge in [-0.3, -0.25) is 14.4 Å². The van der Waals surface area contributed by atoms with Crippen molar-refractivity contribution in [1.82, 2.24) is 5.32 Å². The fourth-order valence-corrected chi connectivity index (χ4v) is 1.86. The maximum atomic E-state index is 11.5. The minimum absolute atomic E-state index is 0.00829. The molecule has 0 saturated carbocycles. The molecule has 1 rings (SSSR count). The lowest BCUT2D eigenvalue weighted by Crippen LogP contribution is -2.38. The Morgan fingerprint density at radius 1 is 1.41 bits per heavy atom. The number of carboxylic acids is 1. The van der Waals surface area contributed by atoms with Gasteiger partial charge in [0.15, 0.2) is 5.78 Å². The number of nitrogens with one attached hydrogen (secondary N) is 1. The average molecular weight is 255 g/mol. The van der Waals surface area contributed by atoms with E-state index in [-0.39, 0.29) is 18.6 Å². The highest BCUT2D eigenvalue weighted by atomic mass is 32.1. The van der Waals surface area contributed by atoms with Crippen LogP contribution in [-0.2, 0) is 9.59 Å². The van der Waals surface area contributed by atoms with Crippen molar-refractivity contribution < 1.29 is 19.5 Å². The number of Topliss-reactive ketones (excluding diaryl/α,β-unsaturated/α-hetero) is 1. The molecule has 92 valence electrons. The van der Waals surface area contributed by atoms with Crippen LogP contribution in [0.25, 0.3) is 0 Å². The molecule has 1 aromatic rings. The molecular formula is C11H13NO4S. The van der Waals surface area contributed by atoms with E-state index in [0.29, 0.717) is 4.88 Å². The van der Waals surface area contributed by atoms with E-state index < -0.39 is 17.9 Å². The molecule has 0 aliphatic heterocycles. The minimum Gasteiger partial charge on any atom is -0.480 e. The van der Waals surface area contributed by atoms with Gasteiger partial charge in [0, 0.05) is 12.8 Å². The van der Waals surface area contributed by atoms with Gasteiger partial charge in [0.25, 0.3) is 0 Å². The molecule has 0 saturated heterocycles. The van der Waals surface area contributed by atoms with E-state index in [1.807, 2.05) is 0 Å². The maximum absolute atomic E-state index is 11.5. The van der Waals surface area contributed by atoms with Crippen molar-refractivity contribution in [2.75, 3.05) is 0 Å². The second-order valence-corrected chi connectivity index (χ2v) is 4.48. The summed E-state index contributed by atoms with van der Waals surface area (Å²) in [5, 5.41) is 12.7. The number of hydrogen-bond donors (Lipinski definition) is 2. The molecule has 1 atom stereocenters. The fourth-order valence-electron chi connectivity index (χ4n) is 1.16. The number of rotatable bonds is 6. The molecule has 0 spiro atoms. The third kappa shape index (κ3) is 4.36. The van der Waals surface area contributed by atoms with Crippen molar-refractivity contribution in [2.45, 2.75) is 25.8 Å². The van der Waals surface area contributed by atoms with Gasteiger partial charge in [0.1, 0.15) is 6.04 Å². The molecule has 0 radical (unpaired) electrons. The first-order chi connectivity index (χ1) is 8.00. The third-order valence-corrected chi connectivity index (χ3v) is 3.03. The van der Waals surface area contributed by atoms with Gasteiger partial charge in [-0.15, -0.1) is 11.3 Å². The van der Waals surface area contributed by atoms with Crippen molar-refractivity contribution in [2.24, 2.45) is 0 Å². The summed E-state index contributed by atoms with van der Waals surface area (Å²) >= 11 is 1.33. The first kappa shape index (κ1) is 13.4. The predicted molar refractivity (Wildman–Crippen MR) is 63.1 cm³/mol. The van der Waals surface area contributed by atoms with Gasteiger partial charge in [-0.25, -0.2) is 0 Å². The maximum Gasteiger partial charge on any atom is 0.325 e. The van der Waals surface area contributed by atoms with E-state index >= 15 is 0 Å². The zero-order valence-corrected chi connectivity index (χ0v) is 10.1. The van der Waals surface area contributed by atoms with E-state index in [2.05, 4.69) is 5.32 Å². The predicted octanol–water partition coefficient (Wildman–Crippen LogP) is 1.30. The molecule has 0 fully saturated rings. The normalized spacial score (nSPS) is 11.8. The molecule has 0 bridgehead atoms. The highest BCUT2D eigenvalue weighted by Gasteiger charge is 2.15. The van der Waals surface area contributed by atoms with E-state index in [4.69, 9.17) is 5.11 Å². The van der Waals surface area contributed by atoms with E-state index in [1.54, 1.807) is 17.5 Å². The van der Waals surface area contributed by atoms with Gasteiger partial charge < -0.3 is 10.4 Å². The molecule has 17 heavy (non-hydrogen) atoms. The van der Waals surface area contributed by atoms with Crippen LogP contribution in [-0.4, -0.2) is 28.8 Å². The van der Waals surface area contributed by atoms with Crippen LogP contribution < -0.4 is 5.32 Å². The number of hydrogen-bond acceptors (Lipinski definition) is 4. The number of aliphatic carboxylic acids is 1. The molecule has 2 N–H and O–H groups in total. The van der Waals surface area contributed by atoms with E-state index in [0.717, 1.165) is 0 Å². The van der Waals surface area contributed by atoms with Crippen LogP contribution in [0.5, 0.6) is 0 Å². The van der Waals surface area contributed by atoms with Crippen LogP contribution in [0.3, 0.4) is 0 Å². The summed E-state index contributed by atoms with van der Waals surface area (Å²) in [6.45, 7) is 1.38. The number of carboxylic acid groups (broad SMARTS) is 1. The molecule has 1 aromatic heterocycles. The number of thiophene rings is 1. The molecule has 6 heteroatoms. The van der Waals surface area contributed by atoms with Gasteiger partial charge in [0.2, 0.25) is 5.91 Å². The smallest absolute Gasteiger partial charge is 0.325 e. The number of carbonyl (C=O) groups excluding carboxylic acids is 2. The summed E-state index contributed by atoms with van der Waals surface area (Å²) in [5.74, 6) is -1.62. The highest BCUT2D eigenvalue weighted by molar-refractivity contribution is 7.12. The average Bonchev–Trinajstić information content (AvgIpc) is 2.79. The summed E-state index contributed by atoms with van der Waals surface area (Å²) in [7, 11) is 0. The molecule has 0 aliphatic rings. The van der Waals surface area contributed by atoms with Crippen LogP contribution in [0.15, 0.2) is 17.5 Å². The molecule has 1 amide bonds. The van der Waals surface area contributed by atoms with E-state index in [9.17, 15) is 14.4 Å². The molecule has 0 aliphatic carbocycles. The largest absolute Gasteiger partial charge is 0.480 e. The Hall–Kier alpha value is -1.69. The minimum atomic E-state index is -1.09. The number of amides is 1. The zero-order valence-electron chi connectivity index (χ0n) is 9.30. The van der Waals surface area contributed by atoms with Crippen LogP contribution >= 0.6 is 11.3 Å². The fraction of sp³-hybridized carbons (Fsp3) is 0.364. The second-order valence-electron chi connectivity index (χ2n) is 3.53. The van der Waals surface area contributed by atoms with Gasteiger partial charge in [-0.2, -0.15) is 0 Å². The standard InChI is InChI=1S/C11H13NO4S/c1-7(11(15)16)12-10(14)5-4-8(13)9-3-2-6-17-9/h2-3,6-7H,4-5H2,1H3,(H,12,14)(H,15,16)/t7-/m1/s1. The van der Waals surface area contributed by atoms with Crippen molar-refractivity contribution in [3.8, 4) is 0 Å². The van der Waals surface area contributed by atoms with E-state index in [1.165, 1.54) is 18.3 Å². The lowest BCUT2D eigenvalue weighted by atomic mass is 10.2. The van der Waals surface area contributed by atoms with Gasteiger partial charge in [-0.1, -0.05) is 6.07 Å². The Morgan fingerprint density at radius 3 is 2.65 bits per heavy atom. The van der Waals surface area contributed by atoms with Crippen molar-refractivity contribution in [1.29, 1.82) is 0 Å². The highest BCUT2D eigenvalue weighted by Crippen LogP contribution is 2.12. The Kier molecular flexibility index (Phi) is 4.84. The molecular weight excluding hydrogens is 242 g/mol. The van der Waals surface area contributed by atoms with Gasteiger partial charge in [-0.05, 0) is 18.4 Å². The summed E-state index contributed by atoms with van der Waals surface area (Å²) in [5.41, 5.74) is 0. The monoisotopic (exact) mass is 255 g/mol. The summed E-state index contributed by atoms with van der Waals surface area (Å²) < 4.78 is 0. The number of ketones is 1. The Labute approximate surface area is 102 Å². The third-order valence-electron chi connectivity index (χ3n) is 2.12. The molecule has 0 unspecified atom stereocenters. The van der Waals surface area contributed by atoms with Crippen molar-refractivity contribution in [3.05, 3.63) is 22.4 Å². The lowest BCUT2D eigenvalue weighted by Gasteiger charge is -2.08. The Morgan fingerprint density at radius 2 is 2.12 bits per heavy atom. The van der Waals surface area contributed by atoms with Crippen LogP contribution in [0, 0.1) is 0 Å². The summed E-state index contributed by atoms with van der Waals surface area (Å²) in [6, 6.07) is 2.54. The van der Waals surface area contributed by atoms with Gasteiger partial charge in [0.05, 0.1) is 4.88 Å². The second kappa shape index (κ2) is 6.15. The Bertz CT molecular complexity index is 413. The zero-order chi connectivity index (χ0) is 12.8. The molecule has 0 aromatic carbocycles. The topological polar surface area (TPSA) is 83.5 Å². The SMILES string of the molecule is C[C@@H](NC(=O)CCC(=O)c1cccs1)C(=O)O. The van der Waals surface area contributed by atoms with Gasteiger partial charge >= 0.3 is 5.97 Å². The molecule has 1 heterocycles. The molecule has 5 nitrogen and oxygen atoms in total.